The first-order valence-electron chi connectivity index (χ1n) is 6.32. The molecule has 0 aliphatic carbocycles. The van der Waals surface area contributed by atoms with Gasteiger partial charge in [-0.1, -0.05) is 6.92 Å². The summed E-state index contributed by atoms with van der Waals surface area (Å²) in [6.45, 7) is 3.40. The van der Waals surface area contributed by atoms with Crippen molar-refractivity contribution >= 4 is 27.1 Å². The molecule has 0 fully saturated rings. The predicted molar refractivity (Wildman–Crippen MR) is 77.6 cm³/mol. The summed E-state index contributed by atoms with van der Waals surface area (Å²) in [7, 11) is -3.27. The maximum absolute atomic E-state index is 12.8. The van der Waals surface area contributed by atoms with E-state index >= 15 is 0 Å². The van der Waals surface area contributed by atoms with Crippen molar-refractivity contribution in [3.8, 4) is 0 Å². The molecule has 1 amide bonds. The third kappa shape index (κ3) is 4.48. The number of sulfone groups is 1. The first-order valence-corrected chi connectivity index (χ1v) is 8.04. The smallest absolute Gasteiger partial charge is 0.225 e. The highest BCUT2D eigenvalue weighted by Gasteiger charge is 2.20. The number of nitrogen functional groups attached to an aromatic ring is 1. The van der Waals surface area contributed by atoms with Gasteiger partial charge in [0.15, 0.2) is 9.84 Å². The van der Waals surface area contributed by atoms with E-state index in [0.29, 0.717) is 6.42 Å². The van der Waals surface area contributed by atoms with Crippen molar-refractivity contribution in [2.24, 2.45) is 0 Å². The molecular weight excluding hydrogens is 283 g/mol. The number of nitrogens with two attached hydrogens (primary N) is 1. The van der Waals surface area contributed by atoms with E-state index in [2.05, 4.69) is 5.32 Å². The molecule has 1 unspecified atom stereocenters. The average molecular weight is 302 g/mol. The van der Waals surface area contributed by atoms with Gasteiger partial charge in [-0.05, 0) is 31.5 Å². The number of amides is 1. The van der Waals surface area contributed by atoms with Crippen molar-refractivity contribution in [1.82, 2.24) is 0 Å². The molecule has 1 atom stereocenters. The van der Waals surface area contributed by atoms with Gasteiger partial charge in [-0.15, -0.1) is 0 Å². The van der Waals surface area contributed by atoms with E-state index in [1.807, 2.05) is 0 Å². The Balaban J connectivity index is 2.61. The zero-order valence-corrected chi connectivity index (χ0v) is 12.3. The summed E-state index contributed by atoms with van der Waals surface area (Å²) >= 11 is 0. The van der Waals surface area contributed by atoms with E-state index in [1.165, 1.54) is 12.1 Å². The van der Waals surface area contributed by atoms with Crippen LogP contribution in [-0.2, 0) is 14.6 Å². The molecule has 0 radical (unpaired) electrons. The zero-order chi connectivity index (χ0) is 15.3. The molecule has 7 heteroatoms. The van der Waals surface area contributed by atoms with Gasteiger partial charge in [0.05, 0.1) is 22.4 Å². The van der Waals surface area contributed by atoms with Crippen LogP contribution in [0.1, 0.15) is 26.7 Å². The molecular formula is C13H19FN2O3S. The standard InChI is InChI=1S/C13H19FN2O3S/c1-3-9(2)20(18,19)7-6-13(17)16-12-5-4-10(14)8-11(12)15/h4-5,8-9H,3,6-7,15H2,1-2H3,(H,16,17). The quantitative estimate of drug-likeness (QED) is 0.786. The van der Waals surface area contributed by atoms with Crippen LogP contribution in [0.2, 0.25) is 0 Å². The summed E-state index contributed by atoms with van der Waals surface area (Å²) in [6.07, 6.45) is 0.359. The average Bonchev–Trinajstić information content (AvgIpc) is 2.39. The van der Waals surface area contributed by atoms with Crippen molar-refractivity contribution < 1.29 is 17.6 Å². The van der Waals surface area contributed by atoms with Crippen molar-refractivity contribution in [3.63, 3.8) is 0 Å². The molecule has 0 saturated heterocycles. The lowest BCUT2D eigenvalue weighted by Crippen LogP contribution is -2.24. The molecule has 0 aliphatic heterocycles. The van der Waals surface area contributed by atoms with E-state index in [0.717, 1.165) is 6.07 Å². The molecule has 0 spiro atoms. The summed E-state index contributed by atoms with van der Waals surface area (Å²) in [6, 6.07) is 3.60. The molecule has 0 bridgehead atoms. The Hall–Kier alpha value is -1.63. The van der Waals surface area contributed by atoms with Gasteiger partial charge in [-0.3, -0.25) is 4.79 Å². The Kier molecular flexibility index (Phi) is 5.50. The second-order valence-electron chi connectivity index (χ2n) is 4.62. The van der Waals surface area contributed by atoms with E-state index in [4.69, 9.17) is 5.73 Å². The van der Waals surface area contributed by atoms with Crippen LogP contribution in [0.5, 0.6) is 0 Å². The number of halogens is 1. The predicted octanol–water partition coefficient (Wildman–Crippen LogP) is 1.95. The van der Waals surface area contributed by atoms with E-state index in [9.17, 15) is 17.6 Å². The van der Waals surface area contributed by atoms with Crippen LogP contribution < -0.4 is 11.1 Å². The lowest BCUT2D eigenvalue weighted by Gasteiger charge is -2.11. The Labute approximate surface area is 118 Å². The minimum atomic E-state index is -3.27. The zero-order valence-electron chi connectivity index (χ0n) is 11.5. The Morgan fingerprint density at radius 2 is 2.10 bits per heavy atom. The van der Waals surface area contributed by atoms with Crippen LogP contribution in [0, 0.1) is 5.82 Å². The number of nitrogens with one attached hydrogen (secondary N) is 1. The van der Waals surface area contributed by atoms with Gasteiger partial charge >= 0.3 is 0 Å². The molecule has 112 valence electrons. The van der Waals surface area contributed by atoms with Crippen LogP contribution in [0.4, 0.5) is 15.8 Å². The summed E-state index contributed by atoms with van der Waals surface area (Å²) in [5.41, 5.74) is 5.92. The van der Waals surface area contributed by atoms with E-state index in [-0.39, 0.29) is 23.5 Å². The lowest BCUT2D eigenvalue weighted by molar-refractivity contribution is -0.115. The van der Waals surface area contributed by atoms with Crippen molar-refractivity contribution in [1.29, 1.82) is 0 Å². The highest BCUT2D eigenvalue weighted by atomic mass is 32.2. The summed E-state index contributed by atoms with van der Waals surface area (Å²) in [5.74, 6) is -1.18. The maximum atomic E-state index is 12.8. The fourth-order valence-corrected chi connectivity index (χ4v) is 2.93. The summed E-state index contributed by atoms with van der Waals surface area (Å²) < 4.78 is 36.4. The Morgan fingerprint density at radius 1 is 1.45 bits per heavy atom. The summed E-state index contributed by atoms with van der Waals surface area (Å²) in [5, 5.41) is 2.01. The van der Waals surface area contributed by atoms with E-state index < -0.39 is 26.8 Å². The largest absolute Gasteiger partial charge is 0.397 e. The van der Waals surface area contributed by atoms with Gasteiger partial charge in [0.2, 0.25) is 5.91 Å². The topological polar surface area (TPSA) is 89.3 Å². The first kappa shape index (κ1) is 16.4. The molecule has 3 N–H and O–H groups in total. The first-order chi connectivity index (χ1) is 9.26. The molecule has 0 heterocycles. The molecule has 0 aromatic heterocycles. The number of anilines is 2. The van der Waals surface area contributed by atoms with Crippen LogP contribution >= 0.6 is 0 Å². The third-order valence-electron chi connectivity index (χ3n) is 3.09. The number of rotatable bonds is 6. The fourth-order valence-electron chi connectivity index (χ4n) is 1.55. The number of hydrogen-bond acceptors (Lipinski definition) is 4. The minimum Gasteiger partial charge on any atom is -0.397 e. The second kappa shape index (κ2) is 6.69. The van der Waals surface area contributed by atoms with Crippen LogP contribution in [0.25, 0.3) is 0 Å². The third-order valence-corrected chi connectivity index (χ3v) is 5.42. The van der Waals surface area contributed by atoms with Crippen molar-refractivity contribution in [2.45, 2.75) is 31.9 Å². The van der Waals surface area contributed by atoms with Crippen molar-refractivity contribution in [3.05, 3.63) is 24.0 Å². The number of benzene rings is 1. The van der Waals surface area contributed by atoms with Crippen LogP contribution in [-0.4, -0.2) is 25.3 Å². The number of carbonyl (C=O) groups excluding carboxylic acids is 1. The summed E-state index contributed by atoms with van der Waals surface area (Å²) in [4.78, 5) is 11.7. The highest BCUT2D eigenvalue weighted by Crippen LogP contribution is 2.19. The van der Waals surface area contributed by atoms with Gasteiger partial charge in [0, 0.05) is 6.42 Å². The Bertz CT molecular complexity index is 587. The second-order valence-corrected chi connectivity index (χ2v) is 7.15. The van der Waals surface area contributed by atoms with Gasteiger partial charge in [0.1, 0.15) is 5.82 Å². The minimum absolute atomic E-state index is 0.100. The molecule has 1 aromatic rings. The van der Waals surface area contributed by atoms with Crippen LogP contribution in [0.15, 0.2) is 18.2 Å². The maximum Gasteiger partial charge on any atom is 0.225 e. The van der Waals surface area contributed by atoms with E-state index in [1.54, 1.807) is 13.8 Å². The Morgan fingerprint density at radius 3 is 2.65 bits per heavy atom. The monoisotopic (exact) mass is 302 g/mol. The van der Waals surface area contributed by atoms with Gasteiger partial charge < -0.3 is 11.1 Å². The van der Waals surface area contributed by atoms with Gasteiger partial charge in [-0.25, -0.2) is 12.8 Å². The number of hydrogen-bond donors (Lipinski definition) is 2. The number of carbonyl (C=O) groups is 1. The molecule has 20 heavy (non-hydrogen) atoms. The molecule has 5 nitrogen and oxygen atoms in total. The van der Waals surface area contributed by atoms with Crippen LogP contribution in [0.3, 0.4) is 0 Å². The fraction of sp³-hybridized carbons (Fsp3) is 0.462. The van der Waals surface area contributed by atoms with Gasteiger partial charge in [-0.2, -0.15) is 0 Å². The highest BCUT2D eigenvalue weighted by molar-refractivity contribution is 7.92. The van der Waals surface area contributed by atoms with Gasteiger partial charge in [0.25, 0.3) is 0 Å². The van der Waals surface area contributed by atoms with Crippen molar-refractivity contribution in [2.75, 3.05) is 16.8 Å². The molecule has 0 aliphatic rings. The molecule has 1 aromatic carbocycles. The normalized spacial score (nSPS) is 12.9. The SMILES string of the molecule is CCC(C)S(=O)(=O)CCC(=O)Nc1ccc(F)cc1N. The lowest BCUT2D eigenvalue weighted by atomic mass is 10.2. The molecule has 1 rings (SSSR count). The molecule has 0 saturated carbocycles.